The molecule has 1 saturated carbocycles. The number of hydrogen-bond donors (Lipinski definition) is 4. The Hall–Kier alpha value is -6.91. The second-order valence-corrected chi connectivity index (χ2v) is 22.3. The first kappa shape index (κ1) is 55.8. The van der Waals surface area contributed by atoms with Crippen LogP contribution in [0, 0.1) is 0 Å². The summed E-state index contributed by atoms with van der Waals surface area (Å²) < 4.78 is 15.1. The molecule has 4 unspecified atom stereocenters. The highest BCUT2D eigenvalue weighted by atomic mass is 16.7. The molecule has 6 aromatic carbocycles. The molecule has 4 aliphatic rings. The van der Waals surface area contributed by atoms with Gasteiger partial charge in [0.1, 0.15) is 17.8 Å². The van der Waals surface area contributed by atoms with Gasteiger partial charge in [0.25, 0.3) is 0 Å². The van der Waals surface area contributed by atoms with Crippen LogP contribution in [0.5, 0.6) is 0 Å². The highest BCUT2D eigenvalue weighted by molar-refractivity contribution is 6.09. The predicted molar refractivity (Wildman–Crippen MR) is 323 cm³/mol. The van der Waals surface area contributed by atoms with Crippen molar-refractivity contribution in [1.82, 2.24) is 14.1 Å². The lowest BCUT2D eigenvalue weighted by atomic mass is 10.0. The molecule has 78 heavy (non-hydrogen) atoms. The Morgan fingerprint density at radius 3 is 1.44 bits per heavy atom. The number of para-hydroxylation sites is 6. The molecule has 1 fully saturated rings. The van der Waals surface area contributed by atoms with Crippen molar-refractivity contribution >= 4 is 71.6 Å². The Kier molecular flexibility index (Phi) is 19.4. The Bertz CT molecular complexity index is 3290. The number of H-pyrrole nitrogens is 1. The number of carbonyl (C=O) groups excluding carboxylic acids is 1. The molecule has 3 aromatic heterocycles. The summed E-state index contributed by atoms with van der Waals surface area (Å²) in [6.07, 6.45) is 28.1. The average Bonchev–Trinajstić information content (AvgIpc) is 3.68. The van der Waals surface area contributed by atoms with Crippen LogP contribution in [-0.2, 0) is 9.47 Å². The van der Waals surface area contributed by atoms with Crippen molar-refractivity contribution in [2.45, 2.75) is 166 Å². The number of aliphatic hydroxyl groups excluding tert-OH is 3. The fourth-order valence-corrected chi connectivity index (χ4v) is 11.6. The fourth-order valence-electron chi connectivity index (χ4n) is 11.6. The van der Waals surface area contributed by atoms with Crippen LogP contribution in [0.25, 0.3) is 65.4 Å². The second kappa shape index (κ2) is 27.1. The topological polar surface area (TPSA) is 122 Å². The predicted octanol–water partition coefficient (Wildman–Crippen LogP) is 17.3. The second-order valence-electron chi connectivity index (χ2n) is 22.3. The molecule has 13 rings (SSSR count). The van der Waals surface area contributed by atoms with E-state index in [9.17, 15) is 15.0 Å². The number of rotatable bonds is 3. The van der Waals surface area contributed by atoms with Gasteiger partial charge in [-0.3, -0.25) is 0 Å². The normalized spacial score (nSPS) is 21.6. The maximum absolute atomic E-state index is 11.4. The number of fused-ring (bicyclic) bond motifs is 9. The Morgan fingerprint density at radius 2 is 0.897 bits per heavy atom. The molecule has 4 aliphatic carbocycles. The van der Waals surface area contributed by atoms with Crippen molar-refractivity contribution in [2.75, 3.05) is 0 Å². The van der Waals surface area contributed by atoms with Gasteiger partial charge in [-0.05, 0) is 140 Å². The summed E-state index contributed by atoms with van der Waals surface area (Å²) in [6, 6.07) is 51.5. The van der Waals surface area contributed by atoms with Gasteiger partial charge < -0.3 is 38.9 Å². The number of carbonyl (C=O) groups is 1. The number of allylic oxidation sites excluding steroid dienone is 4. The molecular weight excluding hydrogens is 967 g/mol. The van der Waals surface area contributed by atoms with Gasteiger partial charge in [-0.2, -0.15) is 0 Å². The minimum absolute atomic E-state index is 0.0673. The number of benzene rings is 6. The minimum atomic E-state index is -0.707. The molecule has 6 atom stereocenters. The van der Waals surface area contributed by atoms with Crippen molar-refractivity contribution in [2.24, 2.45) is 0 Å². The summed E-state index contributed by atoms with van der Waals surface area (Å²) in [6.45, 7) is 5.49. The van der Waals surface area contributed by atoms with Crippen LogP contribution in [-0.4, -0.2) is 65.6 Å². The van der Waals surface area contributed by atoms with E-state index in [0.717, 1.165) is 62.4 Å². The van der Waals surface area contributed by atoms with E-state index in [1.54, 1.807) is 0 Å². The summed E-state index contributed by atoms with van der Waals surface area (Å²) in [5, 5.41) is 37.6. The van der Waals surface area contributed by atoms with Gasteiger partial charge in [-0.25, -0.2) is 4.79 Å². The van der Waals surface area contributed by atoms with Crippen molar-refractivity contribution in [3.05, 3.63) is 182 Å². The van der Waals surface area contributed by atoms with Gasteiger partial charge in [0.2, 0.25) is 0 Å². The van der Waals surface area contributed by atoms with Crippen LogP contribution in [0.2, 0.25) is 0 Å². The zero-order chi connectivity index (χ0) is 54.3. The Balaban J connectivity index is 0.000000123. The zero-order valence-corrected chi connectivity index (χ0v) is 46.1. The summed E-state index contributed by atoms with van der Waals surface area (Å²) in [5.41, 5.74) is 6.96. The number of aromatic amines is 1. The quantitative estimate of drug-likeness (QED) is 0.0794. The third-order valence-corrected chi connectivity index (χ3v) is 15.4. The molecule has 9 heteroatoms. The molecule has 0 bridgehead atoms. The molecule has 408 valence electrons. The van der Waals surface area contributed by atoms with Crippen molar-refractivity contribution in [3.8, 4) is 0 Å². The first-order chi connectivity index (χ1) is 38.0. The third-order valence-electron chi connectivity index (χ3n) is 15.4. The summed E-state index contributed by atoms with van der Waals surface area (Å²) in [5.74, 6) is 0. The lowest BCUT2D eigenvalue weighted by molar-refractivity contribution is -0.0195. The summed E-state index contributed by atoms with van der Waals surface area (Å²) in [7, 11) is 0. The van der Waals surface area contributed by atoms with Crippen LogP contribution in [0.15, 0.2) is 182 Å². The van der Waals surface area contributed by atoms with E-state index >= 15 is 0 Å². The molecule has 0 amide bonds. The van der Waals surface area contributed by atoms with E-state index in [1.165, 1.54) is 99.3 Å². The molecule has 0 saturated heterocycles. The molecule has 9 aromatic rings. The maximum Gasteiger partial charge on any atom is 0.509 e. The number of aromatic nitrogens is 3. The molecule has 0 aliphatic heterocycles. The number of hydrogen-bond acceptors (Lipinski definition) is 6. The Labute approximate surface area is 460 Å². The van der Waals surface area contributed by atoms with E-state index in [0.29, 0.717) is 12.5 Å². The fraction of sp³-hybridized carbons (Fsp3) is 0.377. The van der Waals surface area contributed by atoms with Crippen LogP contribution in [0.3, 0.4) is 0 Å². The Morgan fingerprint density at radius 1 is 0.474 bits per heavy atom. The number of aliphatic hydroxyl groups is 3. The highest BCUT2D eigenvalue weighted by Crippen LogP contribution is 2.38. The van der Waals surface area contributed by atoms with Crippen molar-refractivity contribution in [3.63, 3.8) is 0 Å². The third kappa shape index (κ3) is 14.2. The first-order valence-electron chi connectivity index (χ1n) is 28.9. The van der Waals surface area contributed by atoms with E-state index in [4.69, 9.17) is 14.6 Å². The van der Waals surface area contributed by atoms with E-state index in [1.807, 2.05) is 45.1 Å². The number of ether oxygens (including phenoxy) is 2. The van der Waals surface area contributed by atoms with E-state index in [-0.39, 0.29) is 18.2 Å². The standard InChI is InChI=1S/C19H21NO2.C19H19N.C12H9N.C12H20O3.C7H12O/c21-18-12-6-5-11-17(19(18)22)20-15-9-3-1-7-13(15)14-8-2-4-10-16(14)20;1-2-4-10-15(9-3-1)20-18-13-7-5-11-16(18)17-12-6-8-14-19(17)20;1-3-7-11-9(5-1)10-6-2-4-8-12(10)13-11;1-12(2,3)15-11(13)14-10-8-6-4-5-7-9-10;8-7-5-3-1-2-4-6-7/h1-4,7-10,17-19,21-22H,5-6,11-12H2;3,5-9,11-15H,1-2,4,10H2;1-8,13H;6,8,10H,4-5,7,9H2,1-3H3;3,5,7-8H,1-2,4,6H2/t17?,18-,19+;;;;/m1..../s1. The van der Waals surface area contributed by atoms with Gasteiger partial charge in [0.05, 0.1) is 24.3 Å². The lowest BCUT2D eigenvalue weighted by Gasteiger charge is -2.27. The average molecular weight is 1050 g/mol. The summed E-state index contributed by atoms with van der Waals surface area (Å²) in [4.78, 5) is 14.7. The van der Waals surface area contributed by atoms with Crippen LogP contribution in [0.1, 0.15) is 136 Å². The van der Waals surface area contributed by atoms with Gasteiger partial charge >= 0.3 is 6.16 Å². The van der Waals surface area contributed by atoms with Gasteiger partial charge in [-0.15, -0.1) is 0 Å². The van der Waals surface area contributed by atoms with Crippen LogP contribution < -0.4 is 0 Å². The number of nitrogens with zero attached hydrogens (tertiary/aromatic N) is 2. The molecular formula is C69H81N3O6. The molecule has 9 nitrogen and oxygen atoms in total. The largest absolute Gasteiger partial charge is 0.509 e. The lowest BCUT2D eigenvalue weighted by Crippen LogP contribution is -2.33. The van der Waals surface area contributed by atoms with Gasteiger partial charge in [-0.1, -0.05) is 165 Å². The molecule has 3 heterocycles. The monoisotopic (exact) mass is 1050 g/mol. The molecule has 0 spiro atoms. The van der Waals surface area contributed by atoms with Crippen LogP contribution >= 0.6 is 0 Å². The van der Waals surface area contributed by atoms with E-state index < -0.39 is 24.0 Å². The minimum Gasteiger partial charge on any atom is -0.429 e. The molecule has 0 radical (unpaired) electrons. The summed E-state index contributed by atoms with van der Waals surface area (Å²) >= 11 is 0. The SMILES string of the molecule is C1=CC(n2c3ccccc3c3ccccc32)CCCC1.CC(C)(C)OC(=O)OC1C=CCCCC1.OC1C=CCCCC1.O[C@@H]1CCCCC(n2c3ccccc3c3ccccc32)[C@@H]1O.c1ccc2c(c1)[nH]c1ccccc12. The number of nitrogens with one attached hydrogen (secondary N) is 1. The zero-order valence-electron chi connectivity index (χ0n) is 46.1. The highest BCUT2D eigenvalue weighted by Gasteiger charge is 2.32. The van der Waals surface area contributed by atoms with Gasteiger partial charge in [0.15, 0.2) is 0 Å². The van der Waals surface area contributed by atoms with Crippen LogP contribution in [0.4, 0.5) is 4.79 Å². The molecule has 4 N–H and O–H groups in total. The smallest absolute Gasteiger partial charge is 0.429 e. The van der Waals surface area contributed by atoms with E-state index in [2.05, 4.69) is 172 Å². The van der Waals surface area contributed by atoms with Crippen molar-refractivity contribution < 1.29 is 29.6 Å². The van der Waals surface area contributed by atoms with Crippen molar-refractivity contribution in [1.29, 1.82) is 0 Å². The first-order valence-corrected chi connectivity index (χ1v) is 28.9. The maximum atomic E-state index is 11.4. The van der Waals surface area contributed by atoms with Gasteiger partial charge in [0, 0.05) is 65.4 Å².